The first kappa shape index (κ1) is 10.0. The number of tetrazole rings is 1. The molecule has 6 nitrogen and oxygen atoms in total. The second-order valence-electron chi connectivity index (χ2n) is 2.73. The Kier molecular flexibility index (Phi) is 2.90. The van der Waals surface area contributed by atoms with Gasteiger partial charge in [0.25, 0.3) is 5.95 Å². The number of nitrogens with zero attached hydrogens (tertiary/aromatic N) is 5. The quantitative estimate of drug-likeness (QED) is 0.655. The van der Waals surface area contributed by atoms with Gasteiger partial charge in [0.15, 0.2) is 0 Å². The lowest BCUT2D eigenvalue weighted by atomic mass is 10.2. The maximum Gasteiger partial charge on any atom is 0.263 e. The molecule has 0 saturated carbocycles. The SMILES string of the molecule is Nc1nnnn1/N=C\c1cccc(I)c1. The normalized spacial score (nSPS) is 11.0. The monoisotopic (exact) mass is 314 g/mol. The Labute approximate surface area is 99.3 Å². The van der Waals surface area contributed by atoms with E-state index in [0.717, 1.165) is 9.13 Å². The predicted molar refractivity (Wildman–Crippen MR) is 64.4 cm³/mol. The summed E-state index contributed by atoms with van der Waals surface area (Å²) in [4.78, 5) is 1.17. The summed E-state index contributed by atoms with van der Waals surface area (Å²) in [7, 11) is 0. The molecule has 2 N–H and O–H groups in total. The summed E-state index contributed by atoms with van der Waals surface area (Å²) in [6.07, 6.45) is 1.65. The van der Waals surface area contributed by atoms with Crippen LogP contribution in [0.25, 0.3) is 0 Å². The number of hydrogen-bond acceptors (Lipinski definition) is 5. The molecule has 1 aromatic carbocycles. The van der Waals surface area contributed by atoms with Crippen molar-refractivity contribution in [2.24, 2.45) is 5.10 Å². The smallest absolute Gasteiger partial charge is 0.263 e. The molecule has 2 aromatic rings. The van der Waals surface area contributed by atoms with Gasteiger partial charge in [0, 0.05) is 3.57 Å². The maximum absolute atomic E-state index is 5.45. The van der Waals surface area contributed by atoms with Gasteiger partial charge in [-0.25, -0.2) is 0 Å². The van der Waals surface area contributed by atoms with Crippen LogP contribution >= 0.6 is 22.6 Å². The number of nitrogen functional groups attached to an aromatic ring is 1. The van der Waals surface area contributed by atoms with Gasteiger partial charge in [0.2, 0.25) is 0 Å². The van der Waals surface area contributed by atoms with Crippen LogP contribution in [-0.2, 0) is 0 Å². The molecule has 7 heteroatoms. The Balaban J connectivity index is 2.22. The number of aromatic nitrogens is 4. The molecule has 0 fully saturated rings. The van der Waals surface area contributed by atoms with Crippen LogP contribution in [0.4, 0.5) is 5.95 Å². The Morgan fingerprint density at radius 2 is 2.33 bits per heavy atom. The lowest BCUT2D eigenvalue weighted by molar-refractivity contribution is 0.699. The molecule has 0 atom stereocenters. The zero-order valence-electron chi connectivity index (χ0n) is 7.58. The Hall–Kier alpha value is -1.51. The largest absolute Gasteiger partial charge is 0.365 e. The number of nitrogens with two attached hydrogens (primary N) is 1. The van der Waals surface area contributed by atoms with E-state index in [1.54, 1.807) is 6.21 Å². The molecule has 0 bridgehead atoms. The molecule has 1 heterocycles. The predicted octanol–water partition coefficient (Wildman–Crippen LogP) is 0.742. The molecule has 0 amide bonds. The van der Waals surface area contributed by atoms with E-state index in [1.807, 2.05) is 24.3 Å². The van der Waals surface area contributed by atoms with Crippen LogP contribution in [-0.4, -0.2) is 26.5 Å². The van der Waals surface area contributed by atoms with Gasteiger partial charge in [-0.1, -0.05) is 22.0 Å². The standard InChI is InChI=1S/C8H7IN6/c9-7-3-1-2-6(4-7)5-11-15-8(10)12-13-14-15/h1-5H,(H2,10,12,14)/b11-5-. The van der Waals surface area contributed by atoms with E-state index in [-0.39, 0.29) is 5.95 Å². The van der Waals surface area contributed by atoms with Crippen molar-refractivity contribution in [2.45, 2.75) is 0 Å². The van der Waals surface area contributed by atoms with Gasteiger partial charge in [0.05, 0.1) is 6.21 Å². The molecule has 76 valence electrons. The van der Waals surface area contributed by atoms with Gasteiger partial charge in [-0.2, -0.15) is 5.10 Å². The van der Waals surface area contributed by atoms with Crippen LogP contribution in [0.15, 0.2) is 29.4 Å². The number of rotatable bonds is 2. The van der Waals surface area contributed by atoms with Crippen molar-refractivity contribution in [2.75, 3.05) is 5.73 Å². The van der Waals surface area contributed by atoms with Crippen LogP contribution < -0.4 is 5.73 Å². The molecule has 1 aromatic heterocycles. The van der Waals surface area contributed by atoms with Crippen molar-refractivity contribution in [3.63, 3.8) is 0 Å². The average Bonchev–Trinajstić information content (AvgIpc) is 2.61. The lowest BCUT2D eigenvalue weighted by Crippen LogP contribution is -1.99. The van der Waals surface area contributed by atoms with Gasteiger partial charge in [0.1, 0.15) is 0 Å². The third-order valence-electron chi connectivity index (χ3n) is 1.64. The van der Waals surface area contributed by atoms with E-state index in [0.29, 0.717) is 0 Å². The second kappa shape index (κ2) is 4.34. The first-order chi connectivity index (χ1) is 7.25. The van der Waals surface area contributed by atoms with Crippen LogP contribution in [0.5, 0.6) is 0 Å². The number of hydrogen-bond donors (Lipinski definition) is 1. The number of anilines is 1. The lowest BCUT2D eigenvalue weighted by Gasteiger charge is -1.94. The molecule has 0 aliphatic heterocycles. The third-order valence-corrected chi connectivity index (χ3v) is 2.31. The van der Waals surface area contributed by atoms with E-state index >= 15 is 0 Å². The molecule has 0 saturated heterocycles. The zero-order valence-corrected chi connectivity index (χ0v) is 9.74. The van der Waals surface area contributed by atoms with Gasteiger partial charge >= 0.3 is 0 Å². The first-order valence-corrected chi connectivity index (χ1v) is 5.17. The first-order valence-electron chi connectivity index (χ1n) is 4.09. The van der Waals surface area contributed by atoms with Crippen molar-refractivity contribution >= 4 is 34.8 Å². The minimum Gasteiger partial charge on any atom is -0.365 e. The Morgan fingerprint density at radius 3 is 3.00 bits per heavy atom. The fourth-order valence-electron chi connectivity index (χ4n) is 0.980. The summed E-state index contributed by atoms with van der Waals surface area (Å²) in [6.45, 7) is 0. The average molecular weight is 314 g/mol. The summed E-state index contributed by atoms with van der Waals surface area (Å²) in [5, 5.41) is 14.5. The van der Waals surface area contributed by atoms with Crippen LogP contribution in [0, 0.1) is 3.57 Å². The van der Waals surface area contributed by atoms with Crippen molar-refractivity contribution < 1.29 is 0 Å². The van der Waals surface area contributed by atoms with E-state index < -0.39 is 0 Å². The topological polar surface area (TPSA) is 82.0 Å². The molecule has 0 unspecified atom stereocenters. The van der Waals surface area contributed by atoms with E-state index in [2.05, 4.69) is 43.2 Å². The minimum atomic E-state index is 0.164. The summed E-state index contributed by atoms with van der Waals surface area (Å²) >= 11 is 2.23. The van der Waals surface area contributed by atoms with E-state index in [9.17, 15) is 0 Å². The van der Waals surface area contributed by atoms with Crippen molar-refractivity contribution in [1.82, 2.24) is 20.3 Å². The highest BCUT2D eigenvalue weighted by Crippen LogP contribution is 2.05. The highest BCUT2D eigenvalue weighted by Gasteiger charge is 1.96. The van der Waals surface area contributed by atoms with E-state index in [4.69, 9.17) is 5.73 Å². The van der Waals surface area contributed by atoms with Gasteiger partial charge in [-0.3, -0.25) is 0 Å². The van der Waals surface area contributed by atoms with Gasteiger partial charge < -0.3 is 5.73 Å². The van der Waals surface area contributed by atoms with Gasteiger partial charge in [-0.05, 0) is 50.7 Å². The molecule has 0 aliphatic rings. The van der Waals surface area contributed by atoms with E-state index in [1.165, 1.54) is 4.79 Å². The summed E-state index contributed by atoms with van der Waals surface area (Å²) in [6, 6.07) is 7.88. The second-order valence-corrected chi connectivity index (χ2v) is 3.97. The fraction of sp³-hybridized carbons (Fsp3) is 0. The van der Waals surface area contributed by atoms with Crippen LogP contribution in [0.3, 0.4) is 0 Å². The highest BCUT2D eigenvalue weighted by atomic mass is 127. The molecule has 0 radical (unpaired) electrons. The Morgan fingerprint density at radius 1 is 1.47 bits per heavy atom. The van der Waals surface area contributed by atoms with Gasteiger partial charge in [-0.15, -0.1) is 0 Å². The third kappa shape index (κ3) is 2.49. The van der Waals surface area contributed by atoms with Crippen molar-refractivity contribution in [1.29, 1.82) is 0 Å². The molecular weight excluding hydrogens is 307 g/mol. The molecule has 0 spiro atoms. The highest BCUT2D eigenvalue weighted by molar-refractivity contribution is 14.1. The molecular formula is C8H7IN6. The summed E-state index contributed by atoms with van der Waals surface area (Å²) in [5.41, 5.74) is 6.42. The molecule has 2 rings (SSSR count). The van der Waals surface area contributed by atoms with Crippen molar-refractivity contribution in [3.8, 4) is 0 Å². The number of halogens is 1. The zero-order chi connectivity index (χ0) is 10.7. The summed E-state index contributed by atoms with van der Waals surface area (Å²) in [5.74, 6) is 0.164. The van der Waals surface area contributed by atoms with Crippen LogP contribution in [0.1, 0.15) is 5.56 Å². The molecule has 15 heavy (non-hydrogen) atoms. The maximum atomic E-state index is 5.45. The minimum absolute atomic E-state index is 0.164. The molecule has 0 aliphatic carbocycles. The van der Waals surface area contributed by atoms with Crippen LogP contribution in [0.2, 0.25) is 0 Å². The Bertz CT molecular complexity index is 491. The fourth-order valence-corrected chi connectivity index (χ4v) is 1.55. The van der Waals surface area contributed by atoms with Crippen molar-refractivity contribution in [3.05, 3.63) is 33.4 Å². The summed E-state index contributed by atoms with van der Waals surface area (Å²) < 4.78 is 1.14. The number of benzene rings is 1.